The van der Waals surface area contributed by atoms with Crippen molar-refractivity contribution < 1.29 is 14.6 Å². The zero-order valence-electron chi connectivity index (χ0n) is 10.4. The van der Waals surface area contributed by atoms with Crippen LogP contribution in [0, 0.1) is 6.92 Å². The first-order valence-electron chi connectivity index (χ1n) is 5.56. The minimum absolute atomic E-state index is 0.115. The number of hydrogen-bond acceptors (Lipinski definition) is 4. The largest absolute Gasteiger partial charge is 0.480 e. The van der Waals surface area contributed by atoms with E-state index in [0.29, 0.717) is 0 Å². The smallest absolute Gasteiger partial charge is 0.323 e. The van der Waals surface area contributed by atoms with Gasteiger partial charge in [0, 0.05) is 22.9 Å². The van der Waals surface area contributed by atoms with E-state index in [4.69, 9.17) is 9.84 Å². The van der Waals surface area contributed by atoms with Crippen LogP contribution in [0.25, 0.3) is 0 Å². The molecule has 5 heteroatoms. The van der Waals surface area contributed by atoms with Gasteiger partial charge in [0.05, 0.1) is 6.61 Å². The van der Waals surface area contributed by atoms with Crippen LogP contribution in [0.5, 0.6) is 0 Å². The number of thiophene rings is 1. The normalized spacial score (nSPS) is 14.5. The quantitative estimate of drug-likeness (QED) is 0.780. The molecule has 0 saturated carbocycles. The van der Waals surface area contributed by atoms with Crippen molar-refractivity contribution in [2.24, 2.45) is 0 Å². The summed E-state index contributed by atoms with van der Waals surface area (Å²) in [7, 11) is 1.50. The summed E-state index contributed by atoms with van der Waals surface area (Å²) in [6.07, 6.45) is 0.839. The van der Waals surface area contributed by atoms with Gasteiger partial charge in [-0.05, 0) is 32.4 Å². The summed E-state index contributed by atoms with van der Waals surface area (Å²) < 4.78 is 4.88. The van der Waals surface area contributed by atoms with Crippen LogP contribution in [0.3, 0.4) is 0 Å². The fraction of sp³-hybridized carbons (Fsp3) is 0.583. The highest BCUT2D eigenvalue weighted by Crippen LogP contribution is 2.16. The Hall–Kier alpha value is -0.910. The average Bonchev–Trinajstić information content (AvgIpc) is 2.63. The maximum atomic E-state index is 10.9. The average molecular weight is 257 g/mol. The van der Waals surface area contributed by atoms with Crippen molar-refractivity contribution in [2.45, 2.75) is 32.4 Å². The summed E-state index contributed by atoms with van der Waals surface area (Å²) in [4.78, 5) is 13.5. The Morgan fingerprint density at radius 3 is 2.76 bits per heavy atom. The molecule has 1 rings (SSSR count). The van der Waals surface area contributed by atoms with Gasteiger partial charge in [-0.25, -0.2) is 0 Å². The molecule has 4 nitrogen and oxygen atoms in total. The Bertz CT molecular complexity index is 364. The highest BCUT2D eigenvalue weighted by atomic mass is 32.1. The van der Waals surface area contributed by atoms with Gasteiger partial charge >= 0.3 is 5.97 Å². The van der Waals surface area contributed by atoms with Crippen molar-refractivity contribution in [1.82, 2.24) is 5.32 Å². The molecule has 0 fully saturated rings. The lowest BCUT2D eigenvalue weighted by Gasteiger charge is -2.19. The highest BCUT2D eigenvalue weighted by Gasteiger charge is 2.19. The van der Waals surface area contributed by atoms with Crippen molar-refractivity contribution in [1.29, 1.82) is 0 Å². The minimum Gasteiger partial charge on any atom is -0.480 e. The van der Waals surface area contributed by atoms with Crippen LogP contribution < -0.4 is 5.32 Å². The molecule has 1 heterocycles. The first kappa shape index (κ1) is 14.2. The molecule has 0 aromatic carbocycles. The molecule has 96 valence electrons. The van der Waals surface area contributed by atoms with Crippen LogP contribution in [0.15, 0.2) is 12.1 Å². The molecule has 0 saturated heterocycles. The van der Waals surface area contributed by atoms with Crippen molar-refractivity contribution in [3.63, 3.8) is 0 Å². The molecule has 1 aromatic heterocycles. The van der Waals surface area contributed by atoms with Crippen LogP contribution in [0.2, 0.25) is 0 Å². The molecule has 0 amide bonds. The molecular weight excluding hydrogens is 238 g/mol. The summed E-state index contributed by atoms with van der Waals surface area (Å²) in [6.45, 7) is 4.24. The monoisotopic (exact) mass is 257 g/mol. The van der Waals surface area contributed by atoms with Gasteiger partial charge in [0.2, 0.25) is 0 Å². The predicted octanol–water partition coefficient (Wildman–Crippen LogP) is 1.68. The zero-order chi connectivity index (χ0) is 12.8. The van der Waals surface area contributed by atoms with E-state index in [1.165, 1.54) is 16.9 Å². The highest BCUT2D eigenvalue weighted by molar-refractivity contribution is 7.11. The van der Waals surface area contributed by atoms with Crippen LogP contribution in [0.4, 0.5) is 0 Å². The van der Waals surface area contributed by atoms with Gasteiger partial charge in [-0.15, -0.1) is 11.3 Å². The molecule has 0 spiro atoms. The number of hydrogen-bond donors (Lipinski definition) is 2. The van der Waals surface area contributed by atoms with E-state index in [2.05, 4.69) is 24.4 Å². The second kappa shape index (κ2) is 6.74. The number of carboxylic acids is 1. The van der Waals surface area contributed by atoms with Gasteiger partial charge in [0.15, 0.2) is 0 Å². The molecule has 0 aliphatic rings. The predicted molar refractivity (Wildman–Crippen MR) is 68.7 cm³/mol. The van der Waals surface area contributed by atoms with E-state index in [0.717, 1.165) is 6.42 Å². The number of aryl methyl sites for hydroxylation is 1. The zero-order valence-corrected chi connectivity index (χ0v) is 11.2. The Kier molecular flexibility index (Phi) is 5.61. The fourth-order valence-corrected chi connectivity index (χ4v) is 2.68. The van der Waals surface area contributed by atoms with E-state index in [-0.39, 0.29) is 12.6 Å². The van der Waals surface area contributed by atoms with Gasteiger partial charge in [-0.3, -0.25) is 10.1 Å². The molecule has 0 aliphatic heterocycles. The molecule has 0 bridgehead atoms. The molecule has 2 N–H and O–H groups in total. The third kappa shape index (κ3) is 4.85. The minimum atomic E-state index is -0.874. The number of nitrogens with one attached hydrogen (secondary N) is 1. The number of aliphatic carboxylic acids is 1. The lowest BCUT2D eigenvalue weighted by Crippen LogP contribution is -2.45. The number of carbonyl (C=O) groups is 1. The standard InChI is InChI=1S/C12H19NO3S/c1-8(6-10-5-4-9(2)17-10)13-11(7-16-3)12(14)15/h4-5,8,11,13H,6-7H2,1-3H3,(H,14,15). The maximum Gasteiger partial charge on any atom is 0.323 e. The molecule has 0 radical (unpaired) electrons. The van der Waals surface area contributed by atoms with Crippen LogP contribution in [-0.2, 0) is 16.0 Å². The van der Waals surface area contributed by atoms with Crippen molar-refractivity contribution >= 4 is 17.3 Å². The van der Waals surface area contributed by atoms with Crippen molar-refractivity contribution in [2.75, 3.05) is 13.7 Å². The molecule has 1 aromatic rings. The third-order valence-corrected chi connectivity index (χ3v) is 3.44. The number of rotatable bonds is 7. The van der Waals surface area contributed by atoms with Crippen molar-refractivity contribution in [3.8, 4) is 0 Å². The third-order valence-electron chi connectivity index (χ3n) is 2.42. The summed E-state index contributed by atoms with van der Waals surface area (Å²) in [5, 5.41) is 12.0. The molecule has 0 aliphatic carbocycles. The Balaban J connectivity index is 2.47. The van der Waals surface area contributed by atoms with E-state index in [1.807, 2.05) is 6.92 Å². The topological polar surface area (TPSA) is 58.6 Å². The van der Waals surface area contributed by atoms with Crippen LogP contribution >= 0.6 is 11.3 Å². The van der Waals surface area contributed by atoms with Gasteiger partial charge in [-0.1, -0.05) is 0 Å². The second-order valence-electron chi connectivity index (χ2n) is 4.13. The first-order chi connectivity index (χ1) is 8.02. The Labute approximate surface area is 106 Å². The van der Waals surface area contributed by atoms with E-state index >= 15 is 0 Å². The number of carboxylic acid groups (broad SMARTS) is 1. The maximum absolute atomic E-state index is 10.9. The van der Waals surface area contributed by atoms with Crippen LogP contribution in [-0.4, -0.2) is 36.9 Å². The fourth-order valence-electron chi connectivity index (χ4n) is 1.66. The summed E-state index contributed by atoms with van der Waals surface area (Å²) >= 11 is 1.75. The van der Waals surface area contributed by atoms with E-state index in [9.17, 15) is 4.79 Å². The van der Waals surface area contributed by atoms with Gasteiger partial charge in [0.1, 0.15) is 6.04 Å². The Morgan fingerprint density at radius 2 is 2.29 bits per heavy atom. The summed E-state index contributed by atoms with van der Waals surface area (Å²) in [5.74, 6) is -0.874. The van der Waals surface area contributed by atoms with E-state index < -0.39 is 12.0 Å². The number of ether oxygens (including phenoxy) is 1. The number of methoxy groups -OCH3 is 1. The summed E-state index contributed by atoms with van der Waals surface area (Å²) in [6, 6.07) is 3.64. The molecular formula is C12H19NO3S. The Morgan fingerprint density at radius 1 is 1.59 bits per heavy atom. The van der Waals surface area contributed by atoms with Gasteiger partial charge < -0.3 is 9.84 Å². The second-order valence-corrected chi connectivity index (χ2v) is 5.50. The summed E-state index contributed by atoms with van der Waals surface area (Å²) in [5.41, 5.74) is 0. The molecule has 2 atom stereocenters. The first-order valence-corrected chi connectivity index (χ1v) is 6.37. The van der Waals surface area contributed by atoms with Crippen molar-refractivity contribution in [3.05, 3.63) is 21.9 Å². The lowest BCUT2D eigenvalue weighted by molar-refractivity contribution is -0.141. The SMILES string of the molecule is COCC(NC(C)Cc1ccc(C)s1)C(=O)O. The lowest BCUT2D eigenvalue weighted by atomic mass is 10.2. The molecule has 2 unspecified atom stereocenters. The van der Waals surface area contributed by atoms with Gasteiger partial charge in [0.25, 0.3) is 0 Å². The van der Waals surface area contributed by atoms with E-state index in [1.54, 1.807) is 11.3 Å². The van der Waals surface area contributed by atoms with Crippen LogP contribution in [0.1, 0.15) is 16.7 Å². The van der Waals surface area contributed by atoms with Gasteiger partial charge in [-0.2, -0.15) is 0 Å². The molecule has 17 heavy (non-hydrogen) atoms.